The minimum Gasteiger partial charge on any atom is -0.478 e. The molecule has 0 fully saturated rings. The first-order chi connectivity index (χ1) is 28.5. The number of Topliss-reactive ketones (excluding diaryl/α,β-unsaturated/α-hetero) is 1. The average Bonchev–Trinajstić information content (AvgIpc) is 3.95. The van der Waals surface area contributed by atoms with Gasteiger partial charge in [0, 0.05) is 71.5 Å². The summed E-state index contributed by atoms with van der Waals surface area (Å²) in [6.07, 6.45) is -2.42. The second-order valence-corrected chi connectivity index (χ2v) is 15.2. The maximum atomic E-state index is 14.3. The Morgan fingerprint density at radius 1 is 1.07 bits per heavy atom. The molecule has 2 aromatic heterocycles. The molecule has 0 saturated heterocycles. The summed E-state index contributed by atoms with van der Waals surface area (Å²) in [5.74, 6) is -9.33. The highest BCUT2D eigenvalue weighted by Crippen LogP contribution is 2.49. The van der Waals surface area contributed by atoms with Gasteiger partial charge in [0.05, 0.1) is 30.2 Å². The van der Waals surface area contributed by atoms with Crippen molar-refractivity contribution < 1.29 is 68.2 Å². The van der Waals surface area contributed by atoms with Gasteiger partial charge in [0.2, 0.25) is 11.9 Å². The van der Waals surface area contributed by atoms with E-state index in [1.807, 2.05) is 6.92 Å². The molecule has 2 aromatic rings. The third-order valence-electron chi connectivity index (χ3n) is 11.9. The molecule has 318 valence electrons. The van der Waals surface area contributed by atoms with Crippen molar-refractivity contribution in [2.75, 3.05) is 13.7 Å². The van der Waals surface area contributed by atoms with Crippen molar-refractivity contribution >= 4 is 53.1 Å². The van der Waals surface area contributed by atoms with Crippen molar-refractivity contribution in [1.29, 1.82) is 0 Å². The first-order valence-corrected chi connectivity index (χ1v) is 19.2. The maximum Gasteiger partial charge on any atom is 0.370 e. The summed E-state index contributed by atoms with van der Waals surface area (Å²) in [6, 6.07) is -0.462. The number of aliphatic hydroxyl groups excluding tert-OH is 2. The van der Waals surface area contributed by atoms with Gasteiger partial charge in [-0.2, -0.15) is 0 Å². The largest absolute Gasteiger partial charge is 0.478 e. The van der Waals surface area contributed by atoms with Crippen LogP contribution in [0.15, 0.2) is 46.3 Å². The molecular formula is C42H46N4O14. The number of aldehydes is 1. The lowest BCUT2D eigenvalue weighted by atomic mass is 9.82. The van der Waals surface area contributed by atoms with E-state index in [-0.39, 0.29) is 55.8 Å². The Labute approximate surface area is 343 Å². The van der Waals surface area contributed by atoms with Crippen molar-refractivity contribution in [3.8, 4) is 0 Å². The zero-order valence-corrected chi connectivity index (χ0v) is 33.5. The number of nitrogens with one attached hydrogen (secondary N) is 3. The number of hydrogen-bond acceptors (Lipinski definition) is 13. The van der Waals surface area contributed by atoms with Crippen molar-refractivity contribution in [2.24, 2.45) is 22.7 Å². The molecule has 6 rings (SSSR count). The number of aliphatic imine (C=N–C) groups is 1. The molecule has 1 amide bonds. The number of ether oxygens (including phenoxy) is 3. The molecule has 18 heteroatoms. The lowest BCUT2D eigenvalue weighted by Crippen LogP contribution is -2.49. The van der Waals surface area contributed by atoms with Gasteiger partial charge in [-0.1, -0.05) is 19.6 Å². The maximum absolute atomic E-state index is 14.3. The number of amides is 1. The van der Waals surface area contributed by atoms with E-state index in [1.54, 1.807) is 20.8 Å². The Kier molecular flexibility index (Phi) is 12.3. The van der Waals surface area contributed by atoms with Gasteiger partial charge in [-0.15, -0.1) is 0 Å². The quantitative estimate of drug-likeness (QED) is 0.0770. The SMILES string of the molecule is C=CC1=C(C)C(CC2=NC(=C3c4[nH]c(Cc5[nH]c(C=O)c(C)c5CCO)c(C)c4C(=O)C3C(=O)OC)C(CCC(=O)OC3C(O)C=C(C(=O)O)OC3C(=O)O)C2C)NC1=O. The van der Waals surface area contributed by atoms with Crippen molar-refractivity contribution in [3.63, 3.8) is 0 Å². The van der Waals surface area contributed by atoms with Crippen LogP contribution in [0.5, 0.6) is 0 Å². The molecule has 3 aliphatic heterocycles. The number of carboxylic acid groups (broad SMARTS) is 2. The van der Waals surface area contributed by atoms with Gasteiger partial charge in [0.25, 0.3) is 5.91 Å². The number of hydrogen-bond donors (Lipinski definition) is 7. The van der Waals surface area contributed by atoms with Crippen molar-refractivity contribution in [1.82, 2.24) is 15.3 Å². The number of fused-ring (bicyclic) bond motifs is 1. The highest BCUT2D eigenvalue weighted by Gasteiger charge is 2.49. The molecule has 7 N–H and O–H groups in total. The summed E-state index contributed by atoms with van der Waals surface area (Å²) in [6.45, 7) is 10.7. The number of esters is 2. The number of H-pyrrole nitrogens is 2. The summed E-state index contributed by atoms with van der Waals surface area (Å²) < 4.78 is 15.5. The van der Waals surface area contributed by atoms with Crippen molar-refractivity contribution in [3.05, 3.63) is 86.4 Å². The monoisotopic (exact) mass is 830 g/mol. The smallest absolute Gasteiger partial charge is 0.370 e. The summed E-state index contributed by atoms with van der Waals surface area (Å²) in [5.41, 5.74) is 6.40. The number of rotatable bonds is 15. The number of carboxylic acids is 2. The number of carbonyl (C=O) groups is 7. The predicted molar refractivity (Wildman–Crippen MR) is 210 cm³/mol. The molecule has 1 aliphatic carbocycles. The predicted octanol–water partition coefficient (Wildman–Crippen LogP) is 2.20. The molecular weight excluding hydrogens is 784 g/mol. The van der Waals surface area contributed by atoms with Crippen LogP contribution in [0.3, 0.4) is 0 Å². The number of aliphatic hydroxyl groups is 2. The minimum atomic E-state index is -2.02. The fraction of sp³-hybridized carbons (Fsp3) is 0.429. The van der Waals surface area contributed by atoms with E-state index in [9.17, 15) is 54.0 Å². The summed E-state index contributed by atoms with van der Waals surface area (Å²) in [4.78, 5) is 101. The van der Waals surface area contributed by atoms with Crippen LogP contribution >= 0.6 is 0 Å². The molecule has 4 aliphatic rings. The highest BCUT2D eigenvalue weighted by molar-refractivity contribution is 6.24. The second-order valence-electron chi connectivity index (χ2n) is 15.2. The standard InChI is InChI=1S/C42H46N4O14/c1-7-20-16(2)24(46-39(20)52)12-23-18(4)22(8-9-30(50)60-37-28(49)14-29(40(53)54)59-38(37)41(55)56)34(44-23)32-33(42(57)58-6)36(51)31-19(5)25(45-35(31)32)13-26-21(10-11-47)17(3)27(15-48)43-26/h7,14-15,18,22,24,28,33,37-38,43,45,47,49H,1,8-13H2,2-6H3,(H,46,52)(H,53,54)(H,55,56). The molecule has 5 heterocycles. The molecule has 0 bridgehead atoms. The van der Waals surface area contributed by atoms with Gasteiger partial charge in [0.1, 0.15) is 12.0 Å². The summed E-state index contributed by atoms with van der Waals surface area (Å²) >= 11 is 0. The summed E-state index contributed by atoms with van der Waals surface area (Å²) in [5, 5.41) is 42.3. The number of aromatic amines is 2. The van der Waals surface area contributed by atoms with Crippen LogP contribution < -0.4 is 5.32 Å². The van der Waals surface area contributed by atoms with Gasteiger partial charge in [-0.05, 0) is 62.0 Å². The second kappa shape index (κ2) is 17.1. The first kappa shape index (κ1) is 43.2. The number of aromatic nitrogens is 2. The Hall–Kier alpha value is -6.40. The highest BCUT2D eigenvalue weighted by atomic mass is 16.6. The lowest BCUT2D eigenvalue weighted by molar-refractivity contribution is -0.179. The van der Waals surface area contributed by atoms with Gasteiger partial charge in [-0.3, -0.25) is 29.0 Å². The molecule has 7 unspecified atom stereocenters. The summed E-state index contributed by atoms with van der Waals surface area (Å²) in [7, 11) is 1.15. The van der Waals surface area contributed by atoms with Crippen LogP contribution in [0.25, 0.3) is 5.57 Å². The number of carbonyl (C=O) groups excluding carboxylic acids is 5. The lowest BCUT2D eigenvalue weighted by Gasteiger charge is -2.31. The van der Waals surface area contributed by atoms with E-state index in [0.29, 0.717) is 57.2 Å². The van der Waals surface area contributed by atoms with Crippen LogP contribution in [-0.4, -0.2) is 116 Å². The molecule has 0 saturated carbocycles. The van der Waals surface area contributed by atoms with Crippen LogP contribution in [0.2, 0.25) is 0 Å². The molecule has 0 aromatic carbocycles. The van der Waals surface area contributed by atoms with E-state index in [2.05, 4.69) is 21.9 Å². The Morgan fingerprint density at radius 3 is 2.38 bits per heavy atom. The average molecular weight is 831 g/mol. The van der Waals surface area contributed by atoms with E-state index < -0.39 is 77.5 Å². The van der Waals surface area contributed by atoms with Gasteiger partial charge in [-0.25, -0.2) is 9.59 Å². The Balaban J connectivity index is 1.42. The van der Waals surface area contributed by atoms with E-state index in [4.69, 9.17) is 19.2 Å². The molecule has 0 radical (unpaired) electrons. The van der Waals surface area contributed by atoms with Crippen LogP contribution in [-0.2, 0) is 51.0 Å². The normalized spacial score (nSPS) is 25.9. The van der Waals surface area contributed by atoms with Crippen LogP contribution in [0.4, 0.5) is 0 Å². The fourth-order valence-electron chi connectivity index (χ4n) is 8.65. The number of allylic oxidation sites excluding steroid dienone is 1. The topological polar surface area (TPSA) is 284 Å². The van der Waals surface area contributed by atoms with Gasteiger partial charge in [0.15, 0.2) is 18.2 Å². The Morgan fingerprint density at radius 2 is 1.78 bits per heavy atom. The van der Waals surface area contributed by atoms with Crippen LogP contribution in [0, 0.1) is 31.6 Å². The van der Waals surface area contributed by atoms with E-state index in [1.165, 1.54) is 6.08 Å². The third kappa shape index (κ3) is 7.63. The molecule has 0 spiro atoms. The van der Waals surface area contributed by atoms with E-state index >= 15 is 0 Å². The number of methoxy groups -OCH3 is 1. The third-order valence-corrected chi connectivity index (χ3v) is 11.9. The molecule has 18 nitrogen and oxygen atoms in total. The number of ketones is 1. The zero-order chi connectivity index (χ0) is 43.9. The van der Waals surface area contributed by atoms with Crippen molar-refractivity contribution in [2.45, 2.75) is 84.2 Å². The zero-order valence-electron chi connectivity index (χ0n) is 33.5. The number of nitrogens with zero attached hydrogens (tertiary/aromatic N) is 1. The van der Waals surface area contributed by atoms with E-state index in [0.717, 1.165) is 24.3 Å². The van der Waals surface area contributed by atoms with Gasteiger partial charge >= 0.3 is 23.9 Å². The molecule has 7 atom stereocenters. The molecule has 60 heavy (non-hydrogen) atoms. The Bertz CT molecular complexity index is 2340. The fourth-order valence-corrected chi connectivity index (χ4v) is 8.65. The number of aliphatic carboxylic acids is 2. The first-order valence-electron chi connectivity index (χ1n) is 19.2. The van der Waals surface area contributed by atoms with Crippen LogP contribution in [0.1, 0.15) is 87.7 Å². The minimum absolute atomic E-state index is 0.0159. The van der Waals surface area contributed by atoms with Gasteiger partial charge < -0.3 is 49.9 Å².